The third-order valence-electron chi connectivity index (χ3n) is 8.10. The van der Waals surface area contributed by atoms with Crippen LogP contribution in [0.1, 0.15) is 52.0 Å². The Kier molecular flexibility index (Phi) is 6.85. The lowest BCUT2D eigenvalue weighted by Crippen LogP contribution is -2.35. The summed E-state index contributed by atoms with van der Waals surface area (Å²) in [6, 6.07) is 16.6. The number of benzene rings is 2. The molecule has 2 fully saturated rings. The van der Waals surface area contributed by atoms with E-state index in [9.17, 15) is 14.7 Å². The van der Waals surface area contributed by atoms with Crippen molar-refractivity contribution in [2.24, 2.45) is 23.7 Å². The van der Waals surface area contributed by atoms with E-state index in [0.29, 0.717) is 24.6 Å². The highest BCUT2D eigenvalue weighted by atomic mass is 16.5. The number of ether oxygens (including phenoxy) is 1. The summed E-state index contributed by atoms with van der Waals surface area (Å²) in [5, 5.41) is 9.57. The summed E-state index contributed by atoms with van der Waals surface area (Å²) in [7, 11) is 0. The number of phenols is 1. The van der Waals surface area contributed by atoms with Gasteiger partial charge in [-0.2, -0.15) is 0 Å². The molecule has 2 aromatic carbocycles. The van der Waals surface area contributed by atoms with E-state index < -0.39 is 0 Å². The molecule has 2 saturated heterocycles. The molecule has 188 valence electrons. The molecule has 0 unspecified atom stereocenters. The van der Waals surface area contributed by atoms with Gasteiger partial charge in [-0.05, 0) is 67.0 Å². The Hall–Kier alpha value is -3.18. The number of allylic oxidation sites excluding steroid dienone is 2. The minimum atomic E-state index is -0.335. The monoisotopic (exact) mass is 485 g/mol. The second-order valence-corrected chi connectivity index (χ2v) is 10.5. The number of hydrogen-bond donors (Lipinski definition) is 1. The van der Waals surface area contributed by atoms with Crippen molar-refractivity contribution in [1.82, 2.24) is 0 Å². The summed E-state index contributed by atoms with van der Waals surface area (Å²) >= 11 is 0. The molecule has 5 heteroatoms. The number of anilines is 1. The fourth-order valence-electron chi connectivity index (χ4n) is 6.26. The van der Waals surface area contributed by atoms with Gasteiger partial charge in [0.2, 0.25) is 11.8 Å². The molecule has 36 heavy (non-hydrogen) atoms. The van der Waals surface area contributed by atoms with Gasteiger partial charge in [-0.1, -0.05) is 68.3 Å². The molecule has 2 heterocycles. The topological polar surface area (TPSA) is 66.8 Å². The smallest absolute Gasteiger partial charge is 0.238 e. The van der Waals surface area contributed by atoms with E-state index in [0.717, 1.165) is 24.8 Å². The Morgan fingerprint density at radius 1 is 1.06 bits per heavy atom. The highest BCUT2D eigenvalue weighted by molar-refractivity contribution is 6.22. The zero-order valence-corrected chi connectivity index (χ0v) is 21.3. The summed E-state index contributed by atoms with van der Waals surface area (Å²) < 4.78 is 6.37. The standard InChI is InChI=1S/C31H35NO4/c1-4-20(16-21-10-13-23(33)14-11-21)12-15-27-28-24(19(2)3)17-25-29(26(28)18-36-27)31(35)32(30(25)34)22-8-6-5-7-9-22/h5-11,13-14,16,19,25-27,29,33H,4,12,15,17-18H2,1-3H3/b20-16+/t25-,26+,27-,29-/m1/s1. The first-order chi connectivity index (χ1) is 17.4. The van der Waals surface area contributed by atoms with Crippen molar-refractivity contribution >= 4 is 23.6 Å². The molecule has 0 bridgehead atoms. The molecule has 0 spiro atoms. The van der Waals surface area contributed by atoms with Crippen molar-refractivity contribution in [1.29, 1.82) is 0 Å². The molecule has 1 aliphatic carbocycles. The predicted molar refractivity (Wildman–Crippen MR) is 141 cm³/mol. The molecule has 5 nitrogen and oxygen atoms in total. The van der Waals surface area contributed by atoms with Crippen LogP contribution in [0.15, 0.2) is 71.3 Å². The molecular formula is C31H35NO4. The van der Waals surface area contributed by atoms with Crippen LogP contribution in [0, 0.1) is 23.7 Å². The molecule has 0 aromatic heterocycles. The van der Waals surface area contributed by atoms with Gasteiger partial charge < -0.3 is 9.84 Å². The van der Waals surface area contributed by atoms with Crippen molar-refractivity contribution in [3.63, 3.8) is 0 Å². The Balaban J connectivity index is 1.39. The van der Waals surface area contributed by atoms with Crippen LogP contribution in [0.5, 0.6) is 5.75 Å². The van der Waals surface area contributed by atoms with Gasteiger partial charge in [0, 0.05) is 5.92 Å². The molecule has 0 radical (unpaired) electrons. The van der Waals surface area contributed by atoms with E-state index in [-0.39, 0.29) is 41.4 Å². The van der Waals surface area contributed by atoms with Gasteiger partial charge in [0.25, 0.3) is 0 Å². The van der Waals surface area contributed by atoms with Gasteiger partial charge in [-0.25, -0.2) is 0 Å². The third-order valence-corrected chi connectivity index (χ3v) is 8.10. The number of carbonyl (C=O) groups excluding carboxylic acids is 2. The van der Waals surface area contributed by atoms with Crippen LogP contribution in [0.3, 0.4) is 0 Å². The summed E-state index contributed by atoms with van der Waals surface area (Å²) in [4.78, 5) is 28.5. The van der Waals surface area contributed by atoms with Crippen molar-refractivity contribution < 1.29 is 19.4 Å². The Morgan fingerprint density at radius 2 is 1.78 bits per heavy atom. The van der Waals surface area contributed by atoms with Crippen LogP contribution < -0.4 is 4.90 Å². The highest BCUT2D eigenvalue weighted by Gasteiger charge is 2.57. The van der Waals surface area contributed by atoms with Crippen LogP contribution in [0.2, 0.25) is 0 Å². The van der Waals surface area contributed by atoms with E-state index in [1.165, 1.54) is 21.6 Å². The molecular weight excluding hydrogens is 450 g/mol. The number of para-hydroxylation sites is 1. The summed E-state index contributed by atoms with van der Waals surface area (Å²) in [6.07, 6.45) is 5.53. The van der Waals surface area contributed by atoms with Crippen LogP contribution in [0.4, 0.5) is 5.69 Å². The first-order valence-electron chi connectivity index (χ1n) is 13.1. The number of phenolic OH excluding ortho intramolecular Hbond substituents is 1. The Morgan fingerprint density at radius 3 is 2.44 bits per heavy atom. The summed E-state index contributed by atoms with van der Waals surface area (Å²) in [5.41, 5.74) is 5.66. The zero-order valence-electron chi connectivity index (χ0n) is 21.3. The fourth-order valence-corrected chi connectivity index (χ4v) is 6.26. The van der Waals surface area contributed by atoms with Gasteiger partial charge in [0.1, 0.15) is 5.75 Å². The third kappa shape index (κ3) is 4.41. The fraction of sp³-hybridized carbons (Fsp3) is 0.419. The number of imide groups is 1. The normalized spacial score (nSPS) is 26.1. The zero-order chi connectivity index (χ0) is 25.4. The molecule has 4 atom stereocenters. The quantitative estimate of drug-likeness (QED) is 0.378. The number of fused-ring (bicyclic) bond motifs is 3. The highest BCUT2D eigenvalue weighted by Crippen LogP contribution is 2.51. The van der Waals surface area contributed by atoms with Crippen LogP contribution in [0.25, 0.3) is 6.08 Å². The lowest BCUT2D eigenvalue weighted by Gasteiger charge is -2.33. The maximum absolute atomic E-state index is 13.6. The number of carbonyl (C=O) groups is 2. The van der Waals surface area contributed by atoms with Crippen LogP contribution in [-0.2, 0) is 14.3 Å². The molecule has 5 rings (SSSR count). The molecule has 0 saturated carbocycles. The van der Waals surface area contributed by atoms with E-state index in [2.05, 4.69) is 26.8 Å². The second kappa shape index (κ2) is 10.1. The number of hydrogen-bond acceptors (Lipinski definition) is 4. The Labute approximate surface area is 213 Å². The average molecular weight is 486 g/mol. The summed E-state index contributed by atoms with van der Waals surface area (Å²) in [5.74, 6) is -0.230. The lowest BCUT2D eigenvalue weighted by atomic mass is 9.67. The molecule has 2 aromatic rings. The van der Waals surface area contributed by atoms with E-state index in [1.54, 1.807) is 12.1 Å². The summed E-state index contributed by atoms with van der Waals surface area (Å²) in [6.45, 7) is 7.04. The first-order valence-corrected chi connectivity index (χ1v) is 13.1. The molecule has 3 aliphatic rings. The minimum Gasteiger partial charge on any atom is -0.508 e. The molecule has 2 aliphatic heterocycles. The van der Waals surface area contributed by atoms with Crippen molar-refractivity contribution in [3.8, 4) is 5.75 Å². The second-order valence-electron chi connectivity index (χ2n) is 10.5. The van der Waals surface area contributed by atoms with E-state index in [1.807, 2.05) is 42.5 Å². The number of nitrogens with zero attached hydrogens (tertiary/aromatic N) is 1. The average Bonchev–Trinajstić information content (AvgIpc) is 3.41. The van der Waals surface area contributed by atoms with Crippen molar-refractivity contribution in [3.05, 3.63) is 76.9 Å². The number of rotatable bonds is 7. The van der Waals surface area contributed by atoms with Crippen molar-refractivity contribution in [2.45, 2.75) is 52.6 Å². The SMILES string of the molecule is CC/C(=C\c1ccc(O)cc1)CC[C@H]1OC[C@H]2C1=C(C(C)C)C[C@H]1C(=O)N(c3ccccc3)C(=O)[C@H]12. The van der Waals surface area contributed by atoms with Gasteiger partial charge in [0.15, 0.2) is 0 Å². The molecule has 1 N–H and O–H groups in total. The lowest BCUT2D eigenvalue weighted by molar-refractivity contribution is -0.122. The maximum atomic E-state index is 13.6. The van der Waals surface area contributed by atoms with Gasteiger partial charge >= 0.3 is 0 Å². The minimum absolute atomic E-state index is 0.0169. The largest absolute Gasteiger partial charge is 0.508 e. The predicted octanol–water partition coefficient (Wildman–Crippen LogP) is 6.14. The van der Waals surface area contributed by atoms with E-state index in [4.69, 9.17) is 4.74 Å². The Bertz CT molecular complexity index is 1190. The number of amides is 2. The van der Waals surface area contributed by atoms with E-state index >= 15 is 0 Å². The van der Waals surface area contributed by atoms with Crippen LogP contribution in [-0.4, -0.2) is 29.6 Å². The first kappa shape index (κ1) is 24.5. The van der Waals surface area contributed by atoms with Gasteiger partial charge in [-0.3, -0.25) is 14.5 Å². The number of aromatic hydroxyl groups is 1. The van der Waals surface area contributed by atoms with Gasteiger partial charge in [0.05, 0.1) is 30.2 Å². The van der Waals surface area contributed by atoms with Gasteiger partial charge in [-0.15, -0.1) is 0 Å². The van der Waals surface area contributed by atoms with Crippen LogP contribution >= 0.6 is 0 Å². The maximum Gasteiger partial charge on any atom is 0.238 e. The van der Waals surface area contributed by atoms with Crippen molar-refractivity contribution in [2.75, 3.05) is 11.5 Å². The molecule has 2 amide bonds.